The lowest BCUT2D eigenvalue weighted by Gasteiger charge is -2.45. The summed E-state index contributed by atoms with van der Waals surface area (Å²) >= 11 is 0. The first kappa shape index (κ1) is 20.0. The number of carbonyl (C=O) groups is 3. The van der Waals surface area contributed by atoms with Gasteiger partial charge in [0, 0.05) is 30.7 Å². The van der Waals surface area contributed by atoms with Gasteiger partial charge in [-0.2, -0.15) is 0 Å². The summed E-state index contributed by atoms with van der Waals surface area (Å²) in [6.45, 7) is 0.845. The Morgan fingerprint density at radius 1 is 1.13 bits per heavy atom. The van der Waals surface area contributed by atoms with Gasteiger partial charge in [0.15, 0.2) is 0 Å². The first-order valence-corrected chi connectivity index (χ1v) is 9.99. The Morgan fingerprint density at radius 3 is 2.70 bits per heavy atom. The number of likely N-dealkylation sites (N-methyl/N-ethyl adjacent to an activating group) is 1. The highest BCUT2D eigenvalue weighted by Crippen LogP contribution is 2.23. The summed E-state index contributed by atoms with van der Waals surface area (Å²) in [6, 6.07) is 7.21. The zero-order valence-corrected chi connectivity index (χ0v) is 16.7. The van der Waals surface area contributed by atoms with Crippen molar-refractivity contribution in [2.45, 2.75) is 31.0 Å². The Balaban J connectivity index is 1.62. The van der Waals surface area contributed by atoms with Crippen molar-refractivity contribution in [3.63, 3.8) is 0 Å². The number of hydrogen-bond donors (Lipinski definition) is 2. The average molecular weight is 408 g/mol. The number of amides is 2. The van der Waals surface area contributed by atoms with Gasteiger partial charge in [-0.05, 0) is 31.3 Å². The second-order valence-corrected chi connectivity index (χ2v) is 7.82. The minimum Gasteiger partial charge on any atom is -0.480 e. The molecule has 0 unspecified atom stereocenters. The highest BCUT2D eigenvalue weighted by Gasteiger charge is 2.42. The van der Waals surface area contributed by atoms with Crippen LogP contribution in [0, 0.1) is 0 Å². The van der Waals surface area contributed by atoms with E-state index in [1.165, 1.54) is 4.90 Å². The van der Waals surface area contributed by atoms with Gasteiger partial charge in [-0.25, -0.2) is 4.79 Å². The highest BCUT2D eigenvalue weighted by atomic mass is 16.4. The average Bonchev–Trinajstić information content (AvgIpc) is 2.73. The zero-order chi connectivity index (χ0) is 21.3. The molecule has 0 aliphatic carbocycles. The molecule has 2 aliphatic rings. The number of carbonyl (C=O) groups excluding carboxylic acids is 2. The Kier molecular flexibility index (Phi) is 5.50. The number of rotatable bonds is 3. The number of benzene rings is 1. The number of nitrogens with zero attached hydrogens (tertiary/aromatic N) is 3. The number of fused-ring (bicyclic) bond motifs is 2. The molecule has 3 atom stereocenters. The van der Waals surface area contributed by atoms with E-state index in [1.807, 2.05) is 54.4 Å². The van der Waals surface area contributed by atoms with Crippen molar-refractivity contribution in [1.82, 2.24) is 20.1 Å². The molecule has 4 rings (SSSR count). The Hall–Kier alpha value is -3.26. The van der Waals surface area contributed by atoms with E-state index in [0.29, 0.717) is 24.8 Å². The van der Waals surface area contributed by atoms with Crippen LogP contribution in [0.3, 0.4) is 0 Å². The second kappa shape index (κ2) is 8.23. The van der Waals surface area contributed by atoms with E-state index < -0.39 is 24.0 Å². The van der Waals surface area contributed by atoms with Crippen molar-refractivity contribution in [1.29, 1.82) is 0 Å². The molecule has 8 heteroatoms. The normalized spacial score (nSPS) is 25.8. The number of aliphatic carboxylic acids is 1. The Morgan fingerprint density at radius 2 is 1.90 bits per heavy atom. The van der Waals surface area contributed by atoms with E-state index in [9.17, 15) is 19.5 Å². The lowest BCUT2D eigenvalue weighted by Crippen LogP contribution is -2.65. The smallest absolute Gasteiger partial charge is 0.327 e. The Labute approximate surface area is 174 Å². The molecule has 0 spiro atoms. The van der Waals surface area contributed by atoms with Crippen molar-refractivity contribution in [2.75, 3.05) is 20.1 Å². The number of piperazine rings is 1. The third-order valence-electron chi connectivity index (χ3n) is 5.71. The van der Waals surface area contributed by atoms with Gasteiger partial charge in [-0.15, -0.1) is 0 Å². The number of aromatic nitrogens is 1. The van der Waals surface area contributed by atoms with Crippen LogP contribution in [0.15, 0.2) is 48.7 Å². The van der Waals surface area contributed by atoms with Crippen LogP contribution < -0.4 is 5.32 Å². The van der Waals surface area contributed by atoms with E-state index in [2.05, 4.69) is 10.3 Å². The van der Waals surface area contributed by atoms with Gasteiger partial charge >= 0.3 is 5.97 Å². The highest BCUT2D eigenvalue weighted by molar-refractivity contribution is 6.06. The molecule has 2 aromatic rings. The molecule has 2 aliphatic heterocycles. The maximum atomic E-state index is 13.4. The molecular weight excluding hydrogens is 384 g/mol. The summed E-state index contributed by atoms with van der Waals surface area (Å²) in [5, 5.41) is 14.1. The summed E-state index contributed by atoms with van der Waals surface area (Å²) in [7, 11) is 1.85. The quantitative estimate of drug-likeness (QED) is 0.742. The molecule has 1 aromatic carbocycles. The van der Waals surface area contributed by atoms with Crippen molar-refractivity contribution < 1.29 is 19.5 Å². The summed E-state index contributed by atoms with van der Waals surface area (Å²) in [5.41, 5.74) is 0.247. The molecule has 0 bridgehead atoms. The standard InChI is InChI=1S/C22H24N4O4/c1-25-12-15-7-3-5-9-17(21(28)26(15)18(13-25)22(29)30)24-20(27)19-16-8-4-2-6-14(16)10-11-23-19/h2-6,8,10-11,15,17-18H,7,9,12-13H2,1H3,(H,24,27)(H,29,30)/b5-3-/t15-,17-,18-/m0/s1. The fourth-order valence-corrected chi connectivity index (χ4v) is 4.29. The maximum Gasteiger partial charge on any atom is 0.327 e. The molecule has 8 nitrogen and oxygen atoms in total. The van der Waals surface area contributed by atoms with Gasteiger partial charge in [0.05, 0.1) is 0 Å². The van der Waals surface area contributed by atoms with E-state index >= 15 is 0 Å². The molecule has 1 aromatic heterocycles. The SMILES string of the molecule is CN1C[C@@H]2C/C=C\C[C@H](NC(=O)c3nccc4ccccc34)C(=O)N2[C@H](C(=O)O)C1. The third-order valence-corrected chi connectivity index (χ3v) is 5.71. The number of carboxylic acids is 1. The van der Waals surface area contributed by atoms with E-state index in [-0.39, 0.29) is 24.2 Å². The molecule has 30 heavy (non-hydrogen) atoms. The number of carboxylic acid groups (broad SMARTS) is 1. The molecular formula is C22H24N4O4. The minimum atomic E-state index is -1.04. The summed E-state index contributed by atoms with van der Waals surface area (Å²) < 4.78 is 0. The van der Waals surface area contributed by atoms with Crippen LogP contribution in [-0.2, 0) is 9.59 Å². The van der Waals surface area contributed by atoms with Gasteiger partial charge in [0.2, 0.25) is 5.91 Å². The van der Waals surface area contributed by atoms with Crippen molar-refractivity contribution in [3.05, 3.63) is 54.4 Å². The lowest BCUT2D eigenvalue weighted by atomic mass is 9.97. The summed E-state index contributed by atoms with van der Waals surface area (Å²) in [4.78, 5) is 45.8. The molecule has 156 valence electrons. The van der Waals surface area contributed by atoms with Gasteiger partial charge in [-0.3, -0.25) is 14.6 Å². The molecule has 0 radical (unpaired) electrons. The fraction of sp³-hybridized carbons (Fsp3) is 0.364. The summed E-state index contributed by atoms with van der Waals surface area (Å²) in [6.07, 6.45) is 6.29. The first-order valence-electron chi connectivity index (χ1n) is 9.99. The van der Waals surface area contributed by atoms with Crippen LogP contribution >= 0.6 is 0 Å². The fourth-order valence-electron chi connectivity index (χ4n) is 4.29. The topological polar surface area (TPSA) is 103 Å². The number of nitrogens with one attached hydrogen (secondary N) is 1. The first-order chi connectivity index (χ1) is 14.5. The van der Waals surface area contributed by atoms with Gasteiger partial charge in [0.25, 0.3) is 5.91 Å². The van der Waals surface area contributed by atoms with Crippen LogP contribution in [0.2, 0.25) is 0 Å². The molecule has 2 N–H and O–H groups in total. The number of pyridine rings is 1. The van der Waals surface area contributed by atoms with Gasteiger partial charge < -0.3 is 20.2 Å². The maximum absolute atomic E-state index is 13.4. The van der Waals surface area contributed by atoms with Crippen LogP contribution in [0.4, 0.5) is 0 Å². The predicted octanol–water partition coefficient (Wildman–Crippen LogP) is 1.28. The lowest BCUT2D eigenvalue weighted by molar-refractivity contribution is -0.157. The van der Waals surface area contributed by atoms with Crippen LogP contribution in [-0.4, -0.2) is 75.9 Å². The molecule has 1 saturated heterocycles. The van der Waals surface area contributed by atoms with E-state index in [4.69, 9.17) is 0 Å². The van der Waals surface area contributed by atoms with Crippen molar-refractivity contribution in [3.8, 4) is 0 Å². The monoisotopic (exact) mass is 408 g/mol. The third kappa shape index (κ3) is 3.78. The molecule has 2 amide bonds. The van der Waals surface area contributed by atoms with Gasteiger partial charge in [-0.1, -0.05) is 36.4 Å². The Bertz CT molecular complexity index is 1020. The molecule has 1 fully saturated rings. The van der Waals surface area contributed by atoms with E-state index in [0.717, 1.165) is 5.39 Å². The van der Waals surface area contributed by atoms with Crippen LogP contribution in [0.25, 0.3) is 10.8 Å². The predicted molar refractivity (Wildman–Crippen MR) is 111 cm³/mol. The summed E-state index contributed by atoms with van der Waals surface area (Å²) in [5.74, 6) is -1.85. The second-order valence-electron chi connectivity index (χ2n) is 7.82. The molecule has 3 heterocycles. The van der Waals surface area contributed by atoms with Crippen molar-refractivity contribution in [2.24, 2.45) is 0 Å². The van der Waals surface area contributed by atoms with Crippen molar-refractivity contribution >= 4 is 28.6 Å². The zero-order valence-electron chi connectivity index (χ0n) is 16.7. The van der Waals surface area contributed by atoms with Crippen LogP contribution in [0.1, 0.15) is 23.3 Å². The van der Waals surface area contributed by atoms with Gasteiger partial charge in [0.1, 0.15) is 17.8 Å². The largest absolute Gasteiger partial charge is 0.480 e. The van der Waals surface area contributed by atoms with Crippen LogP contribution in [0.5, 0.6) is 0 Å². The number of hydrogen-bond acceptors (Lipinski definition) is 5. The van der Waals surface area contributed by atoms with E-state index in [1.54, 1.807) is 6.20 Å². The minimum absolute atomic E-state index is 0.246. The molecule has 0 saturated carbocycles.